The summed E-state index contributed by atoms with van der Waals surface area (Å²) in [5.74, 6) is 1.83. The molecule has 2 aromatic heterocycles. The third-order valence-electron chi connectivity index (χ3n) is 4.63. The Morgan fingerprint density at radius 3 is 2.96 bits per heavy atom. The zero-order valence-electron chi connectivity index (χ0n) is 14.9. The van der Waals surface area contributed by atoms with Crippen LogP contribution in [-0.2, 0) is 6.54 Å². The minimum absolute atomic E-state index is 0.147. The Hall–Kier alpha value is -2.41. The molecule has 0 aliphatic carbocycles. The van der Waals surface area contributed by atoms with Crippen LogP contribution in [0, 0.1) is 6.92 Å². The predicted octanol–water partition coefficient (Wildman–Crippen LogP) is 1.85. The molecule has 1 saturated heterocycles. The molecule has 3 heterocycles. The highest BCUT2D eigenvalue weighted by Crippen LogP contribution is 2.21. The Balaban J connectivity index is 1.66. The fourth-order valence-electron chi connectivity index (χ4n) is 3.20. The van der Waals surface area contributed by atoms with Crippen molar-refractivity contribution < 1.29 is 9.15 Å². The average molecular weight is 344 g/mol. The van der Waals surface area contributed by atoms with Gasteiger partial charge >= 0.3 is 0 Å². The van der Waals surface area contributed by atoms with Crippen molar-refractivity contribution in [2.45, 2.75) is 32.4 Å². The number of aromatic nitrogens is 2. The summed E-state index contributed by atoms with van der Waals surface area (Å²) in [7, 11) is 3.54. The lowest BCUT2D eigenvalue weighted by atomic mass is 10.0. The molecule has 1 atom stereocenters. The molecule has 7 heteroatoms. The van der Waals surface area contributed by atoms with E-state index < -0.39 is 0 Å². The molecule has 0 spiro atoms. The van der Waals surface area contributed by atoms with Crippen molar-refractivity contribution >= 4 is 5.82 Å². The highest BCUT2D eigenvalue weighted by Gasteiger charge is 2.24. The number of nitrogens with zero attached hydrogens (tertiary/aromatic N) is 4. The van der Waals surface area contributed by atoms with Crippen LogP contribution in [0.3, 0.4) is 0 Å². The fourth-order valence-corrected chi connectivity index (χ4v) is 3.20. The second kappa shape index (κ2) is 7.65. The van der Waals surface area contributed by atoms with Gasteiger partial charge in [0.1, 0.15) is 24.2 Å². The maximum Gasteiger partial charge on any atom is 0.227 e. The van der Waals surface area contributed by atoms with E-state index in [2.05, 4.69) is 26.8 Å². The van der Waals surface area contributed by atoms with Crippen LogP contribution in [0.4, 0.5) is 5.82 Å². The quantitative estimate of drug-likeness (QED) is 0.819. The van der Waals surface area contributed by atoms with Crippen LogP contribution in [0.25, 0.3) is 0 Å². The van der Waals surface area contributed by atoms with Gasteiger partial charge in [-0.3, -0.25) is 9.69 Å². The van der Waals surface area contributed by atoms with E-state index in [4.69, 9.17) is 9.15 Å². The van der Waals surface area contributed by atoms with Gasteiger partial charge < -0.3 is 14.1 Å². The molecule has 2 aromatic rings. The summed E-state index contributed by atoms with van der Waals surface area (Å²) in [6, 6.07) is 3.88. The van der Waals surface area contributed by atoms with Crippen molar-refractivity contribution in [2.24, 2.45) is 0 Å². The number of hydrogen-bond donors (Lipinski definition) is 0. The van der Waals surface area contributed by atoms with E-state index in [0.717, 1.165) is 37.4 Å². The van der Waals surface area contributed by atoms with Crippen LogP contribution >= 0.6 is 0 Å². The predicted molar refractivity (Wildman–Crippen MR) is 95.0 cm³/mol. The van der Waals surface area contributed by atoms with Gasteiger partial charge in [-0.1, -0.05) is 0 Å². The van der Waals surface area contributed by atoms with E-state index in [0.29, 0.717) is 18.3 Å². The molecule has 7 nitrogen and oxygen atoms in total. The van der Waals surface area contributed by atoms with Crippen molar-refractivity contribution in [3.05, 3.63) is 46.4 Å². The lowest BCUT2D eigenvalue weighted by molar-refractivity contribution is 0.183. The van der Waals surface area contributed by atoms with Crippen molar-refractivity contribution in [3.8, 4) is 5.75 Å². The van der Waals surface area contributed by atoms with Gasteiger partial charge in [-0.2, -0.15) is 0 Å². The summed E-state index contributed by atoms with van der Waals surface area (Å²) < 4.78 is 10.5. The first-order chi connectivity index (χ1) is 12.1. The van der Waals surface area contributed by atoms with Crippen molar-refractivity contribution in [1.82, 2.24) is 14.9 Å². The minimum Gasteiger partial charge on any atom is -0.490 e. The lowest BCUT2D eigenvalue weighted by Gasteiger charge is -2.37. The molecule has 0 radical (unpaired) electrons. The van der Waals surface area contributed by atoms with Gasteiger partial charge in [0.05, 0.1) is 13.7 Å². The largest absolute Gasteiger partial charge is 0.490 e. The van der Waals surface area contributed by atoms with Gasteiger partial charge in [0, 0.05) is 37.5 Å². The van der Waals surface area contributed by atoms with E-state index in [9.17, 15) is 4.79 Å². The van der Waals surface area contributed by atoms with Gasteiger partial charge in [0.2, 0.25) is 11.2 Å². The summed E-state index contributed by atoms with van der Waals surface area (Å²) in [6.07, 6.45) is 5.20. The molecule has 0 aromatic carbocycles. The number of piperidine rings is 1. The van der Waals surface area contributed by atoms with Crippen LogP contribution < -0.4 is 15.1 Å². The Kier molecular flexibility index (Phi) is 5.33. The standard InChI is InChI=1S/C18H24N4O3/c1-13-7-18(20-12-19-13)21(2)14-5-4-6-22(9-14)10-15-8-16(23)17(24-3)11-25-15/h7-8,11-12,14H,4-6,9-10H2,1-3H3. The minimum atomic E-state index is -0.147. The molecule has 1 fully saturated rings. The normalized spacial score (nSPS) is 18.1. The molecule has 3 rings (SSSR count). The highest BCUT2D eigenvalue weighted by molar-refractivity contribution is 5.39. The second-order valence-electron chi connectivity index (χ2n) is 6.44. The molecular formula is C18H24N4O3. The second-order valence-corrected chi connectivity index (χ2v) is 6.44. The number of ether oxygens (including phenoxy) is 1. The summed E-state index contributed by atoms with van der Waals surface area (Å²) in [5, 5.41) is 0. The van der Waals surface area contributed by atoms with Crippen molar-refractivity contribution in [2.75, 3.05) is 32.1 Å². The zero-order valence-corrected chi connectivity index (χ0v) is 14.9. The maximum absolute atomic E-state index is 11.9. The first kappa shape index (κ1) is 17.4. The van der Waals surface area contributed by atoms with E-state index in [-0.39, 0.29) is 11.2 Å². The number of likely N-dealkylation sites (N-methyl/N-ethyl adjacent to an activating group) is 1. The Morgan fingerprint density at radius 2 is 2.24 bits per heavy atom. The van der Waals surface area contributed by atoms with E-state index >= 15 is 0 Å². The number of anilines is 1. The number of hydrogen-bond acceptors (Lipinski definition) is 7. The molecule has 1 unspecified atom stereocenters. The first-order valence-corrected chi connectivity index (χ1v) is 8.46. The molecule has 0 saturated carbocycles. The fraction of sp³-hybridized carbons (Fsp3) is 0.500. The van der Waals surface area contributed by atoms with Gasteiger partial charge in [-0.15, -0.1) is 0 Å². The van der Waals surface area contributed by atoms with Crippen LogP contribution in [0.1, 0.15) is 24.3 Å². The third-order valence-corrected chi connectivity index (χ3v) is 4.63. The number of likely N-dealkylation sites (tertiary alicyclic amines) is 1. The third kappa shape index (κ3) is 4.17. The molecule has 0 amide bonds. The van der Waals surface area contributed by atoms with Crippen LogP contribution in [0.5, 0.6) is 5.75 Å². The van der Waals surface area contributed by atoms with Crippen LogP contribution in [-0.4, -0.2) is 48.2 Å². The smallest absolute Gasteiger partial charge is 0.227 e. The summed E-state index contributed by atoms with van der Waals surface area (Å²) >= 11 is 0. The van der Waals surface area contributed by atoms with E-state index in [1.807, 2.05) is 13.0 Å². The van der Waals surface area contributed by atoms with E-state index in [1.165, 1.54) is 19.4 Å². The summed E-state index contributed by atoms with van der Waals surface area (Å²) in [6.45, 7) is 4.47. The molecule has 134 valence electrons. The van der Waals surface area contributed by atoms with Gasteiger partial charge in [0.15, 0.2) is 0 Å². The Labute approximate surface area is 147 Å². The topological polar surface area (TPSA) is 71.7 Å². The molecule has 0 N–H and O–H groups in total. The Morgan fingerprint density at radius 1 is 1.40 bits per heavy atom. The van der Waals surface area contributed by atoms with Gasteiger partial charge in [-0.25, -0.2) is 9.97 Å². The average Bonchev–Trinajstić information content (AvgIpc) is 2.61. The van der Waals surface area contributed by atoms with Crippen LogP contribution in [0.2, 0.25) is 0 Å². The number of rotatable bonds is 5. The SMILES string of the molecule is COc1coc(CN2CCCC(N(C)c3cc(C)ncn3)C2)cc1=O. The number of methoxy groups -OCH3 is 1. The lowest BCUT2D eigenvalue weighted by Crippen LogP contribution is -2.46. The molecular weight excluding hydrogens is 320 g/mol. The van der Waals surface area contributed by atoms with Gasteiger partial charge in [-0.05, 0) is 26.3 Å². The molecule has 1 aliphatic rings. The monoisotopic (exact) mass is 344 g/mol. The van der Waals surface area contributed by atoms with Gasteiger partial charge in [0.25, 0.3) is 0 Å². The summed E-state index contributed by atoms with van der Waals surface area (Å²) in [4.78, 5) is 24.9. The van der Waals surface area contributed by atoms with E-state index in [1.54, 1.807) is 6.33 Å². The maximum atomic E-state index is 11.9. The molecule has 0 bridgehead atoms. The van der Waals surface area contributed by atoms with Crippen molar-refractivity contribution in [1.29, 1.82) is 0 Å². The number of aryl methyl sites for hydroxylation is 1. The van der Waals surface area contributed by atoms with Crippen LogP contribution in [0.15, 0.2) is 33.9 Å². The van der Waals surface area contributed by atoms with Crippen molar-refractivity contribution in [3.63, 3.8) is 0 Å². The molecule has 1 aliphatic heterocycles. The first-order valence-electron chi connectivity index (χ1n) is 8.46. The summed E-state index contributed by atoms with van der Waals surface area (Å²) in [5.41, 5.74) is 0.815. The molecule has 25 heavy (non-hydrogen) atoms. The highest BCUT2D eigenvalue weighted by atomic mass is 16.5. The Bertz CT molecular complexity index is 777. The zero-order chi connectivity index (χ0) is 17.8.